The van der Waals surface area contributed by atoms with Gasteiger partial charge in [-0.3, -0.25) is 0 Å². The number of halogens is 3. The summed E-state index contributed by atoms with van der Waals surface area (Å²) >= 11 is 0. The van der Waals surface area contributed by atoms with Crippen molar-refractivity contribution >= 4 is 21.5 Å². The van der Waals surface area contributed by atoms with Gasteiger partial charge in [0.1, 0.15) is 17.5 Å². The molecule has 3 aromatic rings. The van der Waals surface area contributed by atoms with Crippen molar-refractivity contribution in [1.29, 1.82) is 0 Å². The smallest absolute Gasteiger partial charge is 0.131 e. The van der Waals surface area contributed by atoms with E-state index in [0.29, 0.717) is 5.39 Å². The Hall–Kier alpha value is -2.03. The molecule has 0 aliphatic carbocycles. The maximum absolute atomic E-state index is 13.7. The molecule has 17 heavy (non-hydrogen) atoms. The largest absolute Gasteiger partial charge is 0.206 e. The lowest BCUT2D eigenvalue weighted by molar-refractivity contribution is 0.616. The number of rotatable bonds is 0. The molecule has 0 aliphatic heterocycles. The summed E-state index contributed by atoms with van der Waals surface area (Å²) in [5.41, 5.74) is 0. The molecule has 0 fully saturated rings. The Balaban J connectivity index is 2.68. The predicted molar refractivity (Wildman–Crippen MR) is 61.3 cm³/mol. The van der Waals surface area contributed by atoms with Crippen LogP contribution in [0, 0.1) is 17.5 Å². The van der Waals surface area contributed by atoms with Crippen molar-refractivity contribution in [2.24, 2.45) is 0 Å². The summed E-state index contributed by atoms with van der Waals surface area (Å²) in [5.74, 6) is -1.71. The van der Waals surface area contributed by atoms with Gasteiger partial charge in [0.2, 0.25) is 0 Å². The predicted octanol–water partition coefficient (Wildman–Crippen LogP) is 4.41. The van der Waals surface area contributed by atoms with E-state index in [2.05, 4.69) is 0 Å². The van der Waals surface area contributed by atoms with E-state index < -0.39 is 17.5 Å². The lowest BCUT2D eigenvalue weighted by atomic mass is 10.0. The second-order valence-electron chi connectivity index (χ2n) is 3.86. The van der Waals surface area contributed by atoms with E-state index in [0.717, 1.165) is 12.1 Å². The highest BCUT2D eigenvalue weighted by molar-refractivity contribution is 6.08. The minimum Gasteiger partial charge on any atom is -0.206 e. The minimum absolute atomic E-state index is 0.000556. The molecule has 0 N–H and O–H groups in total. The summed E-state index contributed by atoms with van der Waals surface area (Å²) in [7, 11) is 0. The molecule has 0 atom stereocenters. The van der Waals surface area contributed by atoms with Gasteiger partial charge in [0.05, 0.1) is 0 Å². The number of fused-ring (bicyclic) bond motifs is 3. The van der Waals surface area contributed by atoms with Crippen molar-refractivity contribution in [3.63, 3.8) is 0 Å². The van der Waals surface area contributed by atoms with E-state index in [1.165, 1.54) is 12.1 Å². The summed E-state index contributed by atoms with van der Waals surface area (Å²) < 4.78 is 41.0. The Morgan fingerprint density at radius 2 is 1.29 bits per heavy atom. The molecule has 0 saturated carbocycles. The summed E-state index contributed by atoms with van der Waals surface area (Å²) in [6.45, 7) is 0. The molecule has 0 heterocycles. The molecule has 0 bridgehead atoms. The molecule has 3 heteroatoms. The standard InChI is InChI=1S/C14H7F3/c15-10-6-7-12(17)14-9(10)5-4-8-2-1-3-11(16)13(8)14/h1-7H. The quantitative estimate of drug-likeness (QED) is 0.503. The van der Waals surface area contributed by atoms with Crippen LogP contribution in [-0.4, -0.2) is 0 Å². The van der Waals surface area contributed by atoms with Gasteiger partial charge in [-0.1, -0.05) is 24.3 Å². The second-order valence-corrected chi connectivity index (χ2v) is 3.86. The van der Waals surface area contributed by atoms with Gasteiger partial charge in [-0.05, 0) is 23.6 Å². The Morgan fingerprint density at radius 3 is 2.12 bits per heavy atom. The molecule has 0 spiro atoms. The van der Waals surface area contributed by atoms with Crippen LogP contribution in [0.5, 0.6) is 0 Å². The van der Waals surface area contributed by atoms with Gasteiger partial charge in [0.15, 0.2) is 0 Å². The Labute approximate surface area is 95.3 Å². The minimum atomic E-state index is -0.614. The van der Waals surface area contributed by atoms with Crippen LogP contribution in [0.2, 0.25) is 0 Å². The van der Waals surface area contributed by atoms with Crippen LogP contribution >= 0.6 is 0 Å². The first kappa shape index (κ1) is 10.1. The first-order valence-electron chi connectivity index (χ1n) is 5.13. The topological polar surface area (TPSA) is 0 Å². The zero-order valence-corrected chi connectivity index (χ0v) is 8.68. The zero-order chi connectivity index (χ0) is 12.0. The van der Waals surface area contributed by atoms with E-state index >= 15 is 0 Å². The third kappa shape index (κ3) is 1.39. The SMILES string of the molecule is Fc1ccc(F)c2c1ccc1cccc(F)c12. The number of hydrogen-bond donors (Lipinski definition) is 0. The fraction of sp³-hybridized carbons (Fsp3) is 0. The molecular weight excluding hydrogens is 225 g/mol. The van der Waals surface area contributed by atoms with E-state index in [9.17, 15) is 13.2 Å². The van der Waals surface area contributed by atoms with Gasteiger partial charge in [-0.2, -0.15) is 0 Å². The molecule has 0 amide bonds. The average molecular weight is 232 g/mol. The van der Waals surface area contributed by atoms with Gasteiger partial charge in [-0.15, -0.1) is 0 Å². The first-order chi connectivity index (χ1) is 8.18. The molecule has 3 aromatic carbocycles. The average Bonchev–Trinajstić information content (AvgIpc) is 2.33. The molecule has 84 valence electrons. The van der Waals surface area contributed by atoms with Crippen LogP contribution in [0.3, 0.4) is 0 Å². The molecule has 0 unspecified atom stereocenters. The monoisotopic (exact) mass is 232 g/mol. The van der Waals surface area contributed by atoms with Crippen molar-refractivity contribution in [2.75, 3.05) is 0 Å². The highest BCUT2D eigenvalue weighted by Gasteiger charge is 2.12. The van der Waals surface area contributed by atoms with Crippen LogP contribution in [0.15, 0.2) is 42.5 Å². The zero-order valence-electron chi connectivity index (χ0n) is 8.68. The summed E-state index contributed by atoms with van der Waals surface area (Å²) in [6.07, 6.45) is 0. The van der Waals surface area contributed by atoms with E-state index in [1.54, 1.807) is 18.2 Å². The van der Waals surface area contributed by atoms with Crippen molar-refractivity contribution in [3.8, 4) is 0 Å². The third-order valence-electron chi connectivity index (χ3n) is 2.87. The van der Waals surface area contributed by atoms with Crippen molar-refractivity contribution in [2.45, 2.75) is 0 Å². The molecule has 3 rings (SSSR count). The van der Waals surface area contributed by atoms with Crippen molar-refractivity contribution in [1.82, 2.24) is 0 Å². The van der Waals surface area contributed by atoms with Crippen LogP contribution in [-0.2, 0) is 0 Å². The molecule has 0 nitrogen and oxygen atoms in total. The summed E-state index contributed by atoms with van der Waals surface area (Å²) in [6, 6.07) is 9.57. The Kier molecular flexibility index (Phi) is 2.08. The molecular formula is C14H7F3. The lowest BCUT2D eigenvalue weighted by Gasteiger charge is -2.06. The normalized spacial score (nSPS) is 11.2. The number of benzene rings is 3. The Morgan fingerprint density at radius 1 is 0.588 bits per heavy atom. The highest BCUT2D eigenvalue weighted by Crippen LogP contribution is 2.30. The number of hydrogen-bond acceptors (Lipinski definition) is 0. The van der Waals surface area contributed by atoms with Gasteiger partial charge in [-0.25, -0.2) is 13.2 Å². The van der Waals surface area contributed by atoms with E-state index in [-0.39, 0.29) is 16.2 Å². The fourth-order valence-electron chi connectivity index (χ4n) is 2.10. The Bertz CT molecular complexity index is 732. The van der Waals surface area contributed by atoms with Crippen LogP contribution in [0.1, 0.15) is 0 Å². The van der Waals surface area contributed by atoms with Crippen LogP contribution in [0.4, 0.5) is 13.2 Å². The third-order valence-corrected chi connectivity index (χ3v) is 2.87. The molecule has 0 aromatic heterocycles. The summed E-state index contributed by atoms with van der Waals surface area (Å²) in [4.78, 5) is 0. The van der Waals surface area contributed by atoms with E-state index in [1.807, 2.05) is 0 Å². The van der Waals surface area contributed by atoms with Gasteiger partial charge < -0.3 is 0 Å². The first-order valence-corrected chi connectivity index (χ1v) is 5.13. The summed E-state index contributed by atoms with van der Waals surface area (Å²) in [5, 5.41) is 0.784. The van der Waals surface area contributed by atoms with Crippen LogP contribution < -0.4 is 0 Å². The van der Waals surface area contributed by atoms with Gasteiger partial charge in [0, 0.05) is 16.2 Å². The highest BCUT2D eigenvalue weighted by atomic mass is 19.1. The van der Waals surface area contributed by atoms with Crippen molar-refractivity contribution in [3.05, 3.63) is 59.9 Å². The maximum Gasteiger partial charge on any atom is 0.131 e. The van der Waals surface area contributed by atoms with E-state index in [4.69, 9.17) is 0 Å². The van der Waals surface area contributed by atoms with Gasteiger partial charge in [0.25, 0.3) is 0 Å². The van der Waals surface area contributed by atoms with Gasteiger partial charge >= 0.3 is 0 Å². The molecule has 0 aliphatic rings. The van der Waals surface area contributed by atoms with Crippen LogP contribution in [0.25, 0.3) is 21.5 Å². The molecule has 0 radical (unpaired) electrons. The fourth-order valence-corrected chi connectivity index (χ4v) is 2.10. The second kappa shape index (κ2) is 3.48. The maximum atomic E-state index is 13.7. The lowest BCUT2D eigenvalue weighted by Crippen LogP contribution is -1.88. The molecule has 0 saturated heterocycles. The van der Waals surface area contributed by atoms with Crippen molar-refractivity contribution < 1.29 is 13.2 Å².